The zero-order valence-electron chi connectivity index (χ0n) is 7.13. The van der Waals surface area contributed by atoms with Gasteiger partial charge in [-0.15, -0.1) is 0 Å². The number of halogens is 2. The summed E-state index contributed by atoms with van der Waals surface area (Å²) in [6, 6.07) is 4.93. The van der Waals surface area contributed by atoms with Gasteiger partial charge in [-0.3, -0.25) is 0 Å². The average Bonchev–Trinajstić information content (AvgIpc) is 2.15. The third kappa shape index (κ3) is 3.23. The molecule has 0 spiro atoms. The van der Waals surface area contributed by atoms with Gasteiger partial charge < -0.3 is 10.1 Å². The Kier molecular flexibility index (Phi) is 3.42. The number of nitrogens with zero attached hydrogens (tertiary/aromatic N) is 1. The van der Waals surface area contributed by atoms with Crippen molar-refractivity contribution in [1.82, 2.24) is 4.98 Å². The van der Waals surface area contributed by atoms with Crippen LogP contribution in [-0.2, 0) is 0 Å². The topological polar surface area (TPSA) is 34.1 Å². The van der Waals surface area contributed by atoms with Crippen molar-refractivity contribution in [2.75, 3.05) is 19.0 Å². The normalized spacial score (nSPS) is 10.2. The zero-order valence-corrected chi connectivity index (χ0v) is 7.13. The van der Waals surface area contributed by atoms with E-state index in [0.29, 0.717) is 11.7 Å². The number of alkyl halides is 2. The zero-order chi connectivity index (χ0) is 9.68. The van der Waals surface area contributed by atoms with E-state index in [9.17, 15) is 8.78 Å². The van der Waals surface area contributed by atoms with Crippen LogP contribution in [0.3, 0.4) is 0 Å². The van der Waals surface area contributed by atoms with E-state index in [4.69, 9.17) is 4.74 Å². The largest absolute Gasteiger partial charge is 0.481 e. The molecule has 0 aliphatic rings. The minimum Gasteiger partial charge on any atom is -0.481 e. The number of aromatic nitrogens is 1. The number of anilines is 1. The number of rotatable bonds is 4. The first kappa shape index (κ1) is 9.70. The SMILES string of the molecule is COc1cccc(NCC(F)F)n1. The number of ether oxygens (including phenoxy) is 1. The molecule has 0 atom stereocenters. The molecule has 0 unspecified atom stereocenters. The molecule has 13 heavy (non-hydrogen) atoms. The summed E-state index contributed by atoms with van der Waals surface area (Å²) in [5.74, 6) is 0.791. The maximum absolute atomic E-state index is 11.8. The summed E-state index contributed by atoms with van der Waals surface area (Å²) in [7, 11) is 1.47. The molecule has 1 heterocycles. The molecule has 72 valence electrons. The lowest BCUT2D eigenvalue weighted by Crippen LogP contribution is -2.11. The van der Waals surface area contributed by atoms with Crippen molar-refractivity contribution in [2.45, 2.75) is 6.43 Å². The summed E-state index contributed by atoms with van der Waals surface area (Å²) < 4.78 is 28.4. The van der Waals surface area contributed by atoms with E-state index in [0.717, 1.165) is 0 Å². The lowest BCUT2D eigenvalue weighted by molar-refractivity contribution is 0.163. The van der Waals surface area contributed by atoms with Crippen LogP contribution in [0.15, 0.2) is 18.2 Å². The van der Waals surface area contributed by atoms with Gasteiger partial charge in [-0.2, -0.15) is 4.98 Å². The molecule has 0 saturated carbocycles. The molecule has 0 aromatic carbocycles. The summed E-state index contributed by atoms with van der Waals surface area (Å²) >= 11 is 0. The second kappa shape index (κ2) is 4.59. The van der Waals surface area contributed by atoms with Crippen LogP contribution in [0.5, 0.6) is 5.88 Å². The molecule has 0 amide bonds. The van der Waals surface area contributed by atoms with Gasteiger partial charge in [-0.1, -0.05) is 6.07 Å². The number of methoxy groups -OCH3 is 1. The Morgan fingerprint density at radius 3 is 2.92 bits per heavy atom. The maximum atomic E-state index is 11.8. The van der Waals surface area contributed by atoms with Gasteiger partial charge in [0.05, 0.1) is 13.7 Å². The molecular formula is C8H10F2N2O. The number of hydrogen-bond donors (Lipinski definition) is 1. The van der Waals surface area contributed by atoms with Gasteiger partial charge in [0.2, 0.25) is 5.88 Å². The third-order valence-corrected chi connectivity index (χ3v) is 1.37. The molecule has 0 fully saturated rings. The molecule has 0 aliphatic heterocycles. The quantitative estimate of drug-likeness (QED) is 0.781. The van der Waals surface area contributed by atoms with E-state index >= 15 is 0 Å². The highest BCUT2D eigenvalue weighted by molar-refractivity contribution is 5.36. The third-order valence-electron chi connectivity index (χ3n) is 1.37. The van der Waals surface area contributed by atoms with Crippen molar-refractivity contribution in [3.63, 3.8) is 0 Å². The van der Waals surface area contributed by atoms with E-state index in [1.54, 1.807) is 18.2 Å². The summed E-state index contributed by atoms with van der Waals surface area (Å²) in [4.78, 5) is 3.90. The summed E-state index contributed by atoms with van der Waals surface area (Å²) in [5.41, 5.74) is 0. The maximum Gasteiger partial charge on any atom is 0.255 e. The first-order valence-electron chi connectivity index (χ1n) is 3.75. The van der Waals surface area contributed by atoms with Crippen LogP contribution in [-0.4, -0.2) is 25.1 Å². The minimum atomic E-state index is -2.38. The summed E-state index contributed by atoms with van der Waals surface area (Å²) in [6.07, 6.45) is -2.38. The molecule has 1 aromatic heterocycles. The predicted molar refractivity (Wildman–Crippen MR) is 45.3 cm³/mol. The Morgan fingerprint density at radius 2 is 2.31 bits per heavy atom. The second-order valence-corrected chi connectivity index (χ2v) is 2.34. The molecule has 1 aromatic rings. The highest BCUT2D eigenvalue weighted by atomic mass is 19.3. The van der Waals surface area contributed by atoms with E-state index in [1.165, 1.54) is 7.11 Å². The number of pyridine rings is 1. The first-order chi connectivity index (χ1) is 6.22. The lowest BCUT2D eigenvalue weighted by Gasteiger charge is -2.05. The van der Waals surface area contributed by atoms with Crippen molar-refractivity contribution in [1.29, 1.82) is 0 Å². The molecular weight excluding hydrogens is 178 g/mol. The van der Waals surface area contributed by atoms with Gasteiger partial charge in [0.15, 0.2) is 0 Å². The van der Waals surface area contributed by atoms with Gasteiger partial charge in [0.25, 0.3) is 6.43 Å². The molecule has 0 aliphatic carbocycles. The van der Waals surface area contributed by atoms with Crippen LogP contribution in [0.4, 0.5) is 14.6 Å². The van der Waals surface area contributed by atoms with Crippen LogP contribution in [0.1, 0.15) is 0 Å². The monoisotopic (exact) mass is 188 g/mol. The fourth-order valence-corrected chi connectivity index (χ4v) is 0.809. The minimum absolute atomic E-state index is 0.389. The van der Waals surface area contributed by atoms with E-state index in [2.05, 4.69) is 10.3 Å². The second-order valence-electron chi connectivity index (χ2n) is 2.34. The van der Waals surface area contributed by atoms with Crippen LogP contribution in [0, 0.1) is 0 Å². The van der Waals surface area contributed by atoms with Crippen LogP contribution >= 0.6 is 0 Å². The Bertz CT molecular complexity index is 268. The fraction of sp³-hybridized carbons (Fsp3) is 0.375. The standard InChI is InChI=1S/C8H10F2N2O/c1-13-8-4-2-3-7(12-8)11-5-6(9)10/h2-4,6H,5H2,1H3,(H,11,12). The Hall–Kier alpha value is -1.39. The lowest BCUT2D eigenvalue weighted by atomic mass is 10.4. The number of hydrogen-bond acceptors (Lipinski definition) is 3. The first-order valence-corrected chi connectivity index (χ1v) is 3.75. The predicted octanol–water partition coefficient (Wildman–Crippen LogP) is 1.77. The fourth-order valence-electron chi connectivity index (χ4n) is 0.809. The van der Waals surface area contributed by atoms with Crippen molar-refractivity contribution >= 4 is 5.82 Å². The van der Waals surface area contributed by atoms with Crippen molar-refractivity contribution in [3.05, 3.63) is 18.2 Å². The highest BCUT2D eigenvalue weighted by Gasteiger charge is 2.02. The molecule has 3 nitrogen and oxygen atoms in total. The molecule has 5 heteroatoms. The molecule has 0 saturated heterocycles. The Balaban J connectivity index is 2.56. The molecule has 0 radical (unpaired) electrons. The van der Waals surface area contributed by atoms with Crippen LogP contribution in [0.25, 0.3) is 0 Å². The smallest absolute Gasteiger partial charge is 0.255 e. The Morgan fingerprint density at radius 1 is 1.54 bits per heavy atom. The average molecular weight is 188 g/mol. The number of nitrogens with one attached hydrogen (secondary N) is 1. The highest BCUT2D eigenvalue weighted by Crippen LogP contribution is 2.10. The van der Waals surface area contributed by atoms with Gasteiger partial charge >= 0.3 is 0 Å². The molecule has 1 N–H and O–H groups in total. The van der Waals surface area contributed by atoms with E-state index < -0.39 is 13.0 Å². The van der Waals surface area contributed by atoms with Gasteiger partial charge in [0, 0.05) is 6.07 Å². The van der Waals surface area contributed by atoms with E-state index in [-0.39, 0.29) is 0 Å². The van der Waals surface area contributed by atoms with Crippen molar-refractivity contribution in [2.24, 2.45) is 0 Å². The van der Waals surface area contributed by atoms with Crippen LogP contribution in [0.2, 0.25) is 0 Å². The van der Waals surface area contributed by atoms with Crippen LogP contribution < -0.4 is 10.1 Å². The van der Waals surface area contributed by atoms with E-state index in [1.807, 2.05) is 0 Å². The van der Waals surface area contributed by atoms with Gasteiger partial charge in [-0.05, 0) is 6.07 Å². The van der Waals surface area contributed by atoms with Gasteiger partial charge in [0.1, 0.15) is 5.82 Å². The molecule has 0 bridgehead atoms. The summed E-state index contributed by atoms with van der Waals surface area (Å²) in [5, 5.41) is 2.48. The Labute approximate surface area is 74.7 Å². The van der Waals surface area contributed by atoms with Crippen molar-refractivity contribution in [3.8, 4) is 5.88 Å². The van der Waals surface area contributed by atoms with Gasteiger partial charge in [-0.25, -0.2) is 8.78 Å². The van der Waals surface area contributed by atoms with Crippen molar-refractivity contribution < 1.29 is 13.5 Å². The molecule has 1 rings (SSSR count). The summed E-state index contributed by atoms with van der Waals surface area (Å²) in [6.45, 7) is -0.403.